The average molecular weight is 252 g/mol. The normalized spacial score (nSPS) is 12.5. The minimum Gasteiger partial charge on any atom is -0.480 e. The van der Waals surface area contributed by atoms with E-state index in [1.807, 2.05) is 27.7 Å². The summed E-state index contributed by atoms with van der Waals surface area (Å²) in [4.78, 5) is 15.4. The Kier molecular flexibility index (Phi) is 5.00. The molecule has 0 saturated carbocycles. The van der Waals surface area contributed by atoms with Crippen LogP contribution in [0.5, 0.6) is 0 Å². The first-order valence-corrected chi connectivity index (χ1v) is 6.21. The molecular weight excluding hydrogens is 232 g/mol. The van der Waals surface area contributed by atoms with E-state index >= 15 is 0 Å². The number of aromatic nitrogens is 3. The fourth-order valence-electron chi connectivity index (χ4n) is 1.65. The summed E-state index contributed by atoms with van der Waals surface area (Å²) in [6.45, 7) is 7.65. The van der Waals surface area contributed by atoms with Crippen LogP contribution in [0.4, 0.5) is 5.95 Å². The minimum absolute atomic E-state index is 0.0537. The number of anilines is 1. The highest BCUT2D eigenvalue weighted by Gasteiger charge is 2.22. The van der Waals surface area contributed by atoms with Crippen molar-refractivity contribution in [2.75, 3.05) is 5.32 Å². The van der Waals surface area contributed by atoms with Crippen LogP contribution in [0.15, 0.2) is 0 Å². The third kappa shape index (κ3) is 3.38. The molecule has 100 valence electrons. The fraction of sp³-hybridized carbons (Fsp3) is 0.667. The molecule has 6 nitrogen and oxygen atoms in total. The van der Waals surface area contributed by atoms with Gasteiger partial charge in [0.25, 0.3) is 0 Å². The van der Waals surface area contributed by atoms with E-state index in [-0.39, 0.29) is 11.9 Å². The Morgan fingerprint density at radius 2 is 1.83 bits per heavy atom. The van der Waals surface area contributed by atoms with Gasteiger partial charge in [-0.2, -0.15) is 5.10 Å². The predicted molar refractivity (Wildman–Crippen MR) is 68.5 cm³/mol. The van der Waals surface area contributed by atoms with Crippen molar-refractivity contribution in [3.05, 3.63) is 11.4 Å². The van der Waals surface area contributed by atoms with Crippen LogP contribution in [0.2, 0.25) is 0 Å². The number of carbonyl (C=O) groups is 1. The van der Waals surface area contributed by atoms with Gasteiger partial charge >= 0.3 is 5.97 Å². The molecule has 1 heterocycles. The maximum absolute atomic E-state index is 11.1. The SMILES string of the molecule is CCc1nnc(NC(C(=O)O)C(C)C)nc1CC. The van der Waals surface area contributed by atoms with E-state index in [0.717, 1.165) is 24.2 Å². The van der Waals surface area contributed by atoms with E-state index in [9.17, 15) is 4.79 Å². The Morgan fingerprint density at radius 1 is 1.22 bits per heavy atom. The van der Waals surface area contributed by atoms with Crippen LogP contribution in [-0.2, 0) is 17.6 Å². The van der Waals surface area contributed by atoms with E-state index < -0.39 is 12.0 Å². The summed E-state index contributed by atoms with van der Waals surface area (Å²) in [6.07, 6.45) is 1.53. The summed E-state index contributed by atoms with van der Waals surface area (Å²) in [6, 6.07) is -0.705. The first-order valence-electron chi connectivity index (χ1n) is 6.21. The van der Waals surface area contributed by atoms with Crippen LogP contribution in [0.3, 0.4) is 0 Å². The second kappa shape index (κ2) is 6.28. The van der Waals surface area contributed by atoms with Gasteiger partial charge in [0.2, 0.25) is 5.95 Å². The summed E-state index contributed by atoms with van der Waals surface area (Å²) in [5.74, 6) is -0.682. The Morgan fingerprint density at radius 3 is 2.28 bits per heavy atom. The zero-order valence-electron chi connectivity index (χ0n) is 11.3. The highest BCUT2D eigenvalue weighted by molar-refractivity contribution is 5.76. The first-order chi connectivity index (χ1) is 8.49. The van der Waals surface area contributed by atoms with Crippen molar-refractivity contribution in [1.82, 2.24) is 15.2 Å². The fourth-order valence-corrected chi connectivity index (χ4v) is 1.65. The van der Waals surface area contributed by atoms with Crippen molar-refractivity contribution in [2.24, 2.45) is 5.92 Å². The second-order valence-corrected chi connectivity index (χ2v) is 4.44. The van der Waals surface area contributed by atoms with Gasteiger partial charge in [0.05, 0.1) is 11.4 Å². The Labute approximate surface area is 107 Å². The van der Waals surface area contributed by atoms with E-state index in [1.54, 1.807) is 0 Å². The van der Waals surface area contributed by atoms with Crippen LogP contribution >= 0.6 is 0 Å². The third-order valence-electron chi connectivity index (χ3n) is 2.73. The number of hydrogen-bond donors (Lipinski definition) is 2. The highest BCUT2D eigenvalue weighted by Crippen LogP contribution is 2.11. The lowest BCUT2D eigenvalue weighted by Crippen LogP contribution is -2.35. The minimum atomic E-state index is -0.911. The molecule has 0 aliphatic heterocycles. The molecule has 1 atom stereocenters. The number of aryl methyl sites for hydroxylation is 2. The number of rotatable bonds is 6. The molecule has 0 aliphatic carbocycles. The van der Waals surface area contributed by atoms with E-state index in [2.05, 4.69) is 20.5 Å². The van der Waals surface area contributed by atoms with Gasteiger partial charge in [-0.15, -0.1) is 5.10 Å². The summed E-state index contributed by atoms with van der Waals surface area (Å²) in [7, 11) is 0. The first kappa shape index (κ1) is 14.3. The molecule has 18 heavy (non-hydrogen) atoms. The van der Waals surface area contributed by atoms with Crippen LogP contribution < -0.4 is 5.32 Å². The van der Waals surface area contributed by atoms with Gasteiger partial charge in [-0.25, -0.2) is 9.78 Å². The van der Waals surface area contributed by atoms with Crippen LogP contribution in [0.1, 0.15) is 39.1 Å². The van der Waals surface area contributed by atoms with E-state index in [4.69, 9.17) is 5.11 Å². The smallest absolute Gasteiger partial charge is 0.326 e. The lowest BCUT2D eigenvalue weighted by Gasteiger charge is -2.18. The molecule has 1 aromatic heterocycles. The Hall–Kier alpha value is -1.72. The molecule has 0 aliphatic rings. The van der Waals surface area contributed by atoms with Gasteiger partial charge in [-0.1, -0.05) is 27.7 Å². The standard InChI is InChI=1S/C12H20N4O2/c1-5-8-9(6-2)15-16-12(13-8)14-10(7(3)4)11(17)18/h7,10H,5-6H2,1-4H3,(H,17,18)(H,13,14,16). The zero-order valence-corrected chi connectivity index (χ0v) is 11.3. The monoisotopic (exact) mass is 252 g/mol. The largest absolute Gasteiger partial charge is 0.480 e. The van der Waals surface area contributed by atoms with Crippen molar-refractivity contribution in [1.29, 1.82) is 0 Å². The molecule has 1 unspecified atom stereocenters. The van der Waals surface area contributed by atoms with Gasteiger partial charge in [-0.05, 0) is 18.8 Å². The van der Waals surface area contributed by atoms with Crippen LogP contribution in [0.25, 0.3) is 0 Å². The Bertz CT molecular complexity index is 421. The van der Waals surface area contributed by atoms with Gasteiger partial charge in [-0.3, -0.25) is 0 Å². The van der Waals surface area contributed by atoms with Gasteiger partial charge in [0.15, 0.2) is 0 Å². The molecule has 1 rings (SSSR count). The van der Waals surface area contributed by atoms with Gasteiger partial charge in [0, 0.05) is 0 Å². The number of nitrogens with one attached hydrogen (secondary N) is 1. The highest BCUT2D eigenvalue weighted by atomic mass is 16.4. The number of hydrogen-bond acceptors (Lipinski definition) is 5. The lowest BCUT2D eigenvalue weighted by atomic mass is 10.1. The number of carboxylic acids is 1. The van der Waals surface area contributed by atoms with Crippen LogP contribution in [-0.4, -0.2) is 32.3 Å². The zero-order chi connectivity index (χ0) is 13.7. The summed E-state index contributed by atoms with van der Waals surface area (Å²) in [5.41, 5.74) is 1.72. The van der Waals surface area contributed by atoms with Crippen molar-refractivity contribution >= 4 is 11.9 Å². The number of nitrogens with zero attached hydrogens (tertiary/aromatic N) is 3. The topological polar surface area (TPSA) is 88.0 Å². The summed E-state index contributed by atoms with van der Waals surface area (Å²) < 4.78 is 0. The molecule has 0 aromatic carbocycles. The molecule has 0 fully saturated rings. The Balaban J connectivity index is 2.93. The van der Waals surface area contributed by atoms with Gasteiger partial charge in [0.1, 0.15) is 6.04 Å². The van der Waals surface area contributed by atoms with Crippen LogP contribution in [0, 0.1) is 5.92 Å². The number of carboxylic acid groups (broad SMARTS) is 1. The maximum atomic E-state index is 11.1. The average Bonchev–Trinajstić information content (AvgIpc) is 2.34. The predicted octanol–water partition coefficient (Wildman–Crippen LogP) is 1.52. The van der Waals surface area contributed by atoms with Crippen molar-refractivity contribution in [2.45, 2.75) is 46.6 Å². The maximum Gasteiger partial charge on any atom is 0.326 e. The van der Waals surface area contributed by atoms with Crippen molar-refractivity contribution in [3.63, 3.8) is 0 Å². The molecular formula is C12H20N4O2. The molecule has 0 radical (unpaired) electrons. The molecule has 6 heteroatoms. The van der Waals surface area contributed by atoms with E-state index in [1.165, 1.54) is 0 Å². The second-order valence-electron chi connectivity index (χ2n) is 4.44. The molecule has 1 aromatic rings. The number of aliphatic carboxylic acids is 1. The van der Waals surface area contributed by atoms with Crippen molar-refractivity contribution < 1.29 is 9.90 Å². The summed E-state index contributed by atoms with van der Waals surface area (Å²) >= 11 is 0. The summed E-state index contributed by atoms with van der Waals surface area (Å²) in [5, 5.41) is 19.9. The van der Waals surface area contributed by atoms with E-state index in [0.29, 0.717) is 0 Å². The molecule has 0 amide bonds. The quantitative estimate of drug-likeness (QED) is 0.798. The molecule has 0 saturated heterocycles. The van der Waals surface area contributed by atoms with Gasteiger partial charge < -0.3 is 10.4 Å². The van der Waals surface area contributed by atoms with Crippen molar-refractivity contribution in [3.8, 4) is 0 Å². The molecule has 0 spiro atoms. The molecule has 0 bridgehead atoms. The third-order valence-corrected chi connectivity index (χ3v) is 2.73. The molecule has 2 N–H and O–H groups in total. The lowest BCUT2D eigenvalue weighted by molar-refractivity contribution is -0.138.